The van der Waals surface area contributed by atoms with Crippen molar-refractivity contribution in [3.63, 3.8) is 0 Å². The number of nitrogens with one attached hydrogen (secondary N) is 1. The molecule has 0 atom stereocenters. The molecule has 4 aromatic rings. The normalized spacial score (nSPS) is 12.4. The summed E-state index contributed by atoms with van der Waals surface area (Å²) in [4.78, 5) is 55.4. The third kappa shape index (κ3) is 3.24. The van der Waals surface area contributed by atoms with Gasteiger partial charge in [0.25, 0.3) is 17.7 Å². The van der Waals surface area contributed by atoms with Crippen LogP contribution in [0.5, 0.6) is 0 Å². The molecular formula is C26H14N4O4S2. The molecule has 0 radical (unpaired) electrons. The molecule has 10 heteroatoms. The zero-order valence-electron chi connectivity index (χ0n) is 18.8. The van der Waals surface area contributed by atoms with Gasteiger partial charge in [-0.3, -0.25) is 24.1 Å². The van der Waals surface area contributed by atoms with E-state index >= 15 is 0 Å². The first-order valence-electron chi connectivity index (χ1n) is 10.5. The summed E-state index contributed by atoms with van der Waals surface area (Å²) in [6.45, 7) is 0. The Morgan fingerprint density at radius 1 is 0.917 bits per heavy atom. The topological polar surface area (TPSA) is 131 Å². The average molecular weight is 511 g/mol. The number of nitriles is 2. The van der Waals surface area contributed by atoms with E-state index in [0.717, 1.165) is 27.6 Å². The highest BCUT2D eigenvalue weighted by Gasteiger charge is 2.36. The van der Waals surface area contributed by atoms with Gasteiger partial charge in [-0.2, -0.15) is 10.5 Å². The van der Waals surface area contributed by atoms with E-state index < -0.39 is 17.7 Å². The van der Waals surface area contributed by atoms with Crippen molar-refractivity contribution in [1.82, 2.24) is 10.2 Å². The first kappa shape index (κ1) is 23.1. The highest BCUT2D eigenvalue weighted by atomic mass is 32.1. The number of carbonyl (C=O) groups is 4. The van der Waals surface area contributed by atoms with Crippen LogP contribution in [-0.4, -0.2) is 43.0 Å². The zero-order chi connectivity index (χ0) is 25.7. The Labute approximate surface area is 212 Å². The maximum Gasteiger partial charge on any atom is 0.261 e. The lowest BCUT2D eigenvalue weighted by atomic mass is 9.83. The maximum absolute atomic E-state index is 13.5. The molecule has 1 aliphatic rings. The van der Waals surface area contributed by atoms with E-state index in [9.17, 15) is 29.7 Å². The molecule has 1 N–H and O–H groups in total. The van der Waals surface area contributed by atoms with Crippen molar-refractivity contribution in [3.05, 3.63) is 68.4 Å². The quantitative estimate of drug-likeness (QED) is 0.319. The molecule has 1 aliphatic heterocycles. The van der Waals surface area contributed by atoms with E-state index in [-0.39, 0.29) is 33.0 Å². The number of benzene rings is 2. The van der Waals surface area contributed by atoms with Crippen molar-refractivity contribution in [2.24, 2.45) is 0 Å². The summed E-state index contributed by atoms with van der Waals surface area (Å²) < 4.78 is 0. The molecule has 0 aliphatic carbocycles. The van der Waals surface area contributed by atoms with Gasteiger partial charge in [-0.25, -0.2) is 0 Å². The predicted molar refractivity (Wildman–Crippen MR) is 135 cm³/mol. The molecule has 3 heterocycles. The number of hydrogen-bond acceptors (Lipinski definition) is 8. The molecule has 174 valence electrons. The molecule has 0 unspecified atom stereocenters. The Kier molecular flexibility index (Phi) is 5.48. The number of carbonyl (C=O) groups excluding carboxylic acids is 4. The Morgan fingerprint density at radius 3 is 2.06 bits per heavy atom. The van der Waals surface area contributed by atoms with Gasteiger partial charge in [0.05, 0.1) is 5.56 Å². The lowest BCUT2D eigenvalue weighted by molar-refractivity contribution is 0.0650. The number of nitrogens with zero attached hydrogens (tertiary/aromatic N) is 3. The van der Waals surface area contributed by atoms with Crippen LogP contribution in [0.3, 0.4) is 0 Å². The molecule has 0 saturated heterocycles. The fraction of sp³-hybridized carbons (Fsp3) is 0.0769. The van der Waals surface area contributed by atoms with Gasteiger partial charge >= 0.3 is 0 Å². The summed E-state index contributed by atoms with van der Waals surface area (Å²) in [6.07, 6.45) is 0.600. The van der Waals surface area contributed by atoms with Gasteiger partial charge in [0.15, 0.2) is 6.29 Å². The number of imide groups is 1. The maximum atomic E-state index is 13.5. The van der Waals surface area contributed by atoms with Crippen LogP contribution in [0.1, 0.15) is 51.2 Å². The largest absolute Gasteiger partial charge is 0.355 e. The molecule has 0 fully saturated rings. The van der Waals surface area contributed by atoms with Crippen molar-refractivity contribution >= 4 is 57.5 Å². The van der Waals surface area contributed by atoms with Crippen molar-refractivity contribution in [3.8, 4) is 33.0 Å². The summed E-state index contributed by atoms with van der Waals surface area (Å²) >= 11 is 2.31. The monoisotopic (exact) mass is 510 g/mol. The van der Waals surface area contributed by atoms with E-state index in [1.54, 1.807) is 30.3 Å². The molecule has 36 heavy (non-hydrogen) atoms. The second-order valence-corrected chi connectivity index (χ2v) is 10.1. The minimum absolute atomic E-state index is 0.116. The molecule has 8 nitrogen and oxygen atoms in total. The number of thiophene rings is 2. The third-order valence-electron chi connectivity index (χ3n) is 6.05. The molecule has 3 amide bonds. The van der Waals surface area contributed by atoms with Crippen molar-refractivity contribution in [2.75, 3.05) is 14.1 Å². The molecule has 2 aromatic carbocycles. The summed E-state index contributed by atoms with van der Waals surface area (Å²) in [5, 5.41) is 21.6. The van der Waals surface area contributed by atoms with Crippen LogP contribution < -0.4 is 5.32 Å². The Morgan fingerprint density at radius 2 is 1.53 bits per heavy atom. The van der Waals surface area contributed by atoms with Gasteiger partial charge in [-0.05, 0) is 36.4 Å². The van der Waals surface area contributed by atoms with Gasteiger partial charge in [-0.15, -0.1) is 22.7 Å². The highest BCUT2D eigenvalue weighted by Crippen LogP contribution is 2.45. The van der Waals surface area contributed by atoms with Crippen molar-refractivity contribution in [2.45, 2.75) is 0 Å². The second-order valence-electron chi connectivity index (χ2n) is 7.90. The summed E-state index contributed by atoms with van der Waals surface area (Å²) in [7, 11) is 2.82. The number of aldehydes is 1. The van der Waals surface area contributed by atoms with E-state index in [1.807, 2.05) is 0 Å². The van der Waals surface area contributed by atoms with E-state index in [2.05, 4.69) is 17.5 Å². The van der Waals surface area contributed by atoms with Crippen LogP contribution in [0.2, 0.25) is 0 Å². The van der Waals surface area contributed by atoms with Gasteiger partial charge in [0, 0.05) is 62.4 Å². The van der Waals surface area contributed by atoms with Gasteiger partial charge in [-0.1, -0.05) is 0 Å². The fourth-order valence-corrected chi connectivity index (χ4v) is 6.07. The Hall–Kier alpha value is -4.64. The lowest BCUT2D eigenvalue weighted by Gasteiger charge is -2.28. The van der Waals surface area contributed by atoms with Gasteiger partial charge in [0.2, 0.25) is 0 Å². The summed E-state index contributed by atoms with van der Waals surface area (Å²) in [5.74, 6) is -1.65. The fourth-order valence-electron chi connectivity index (χ4n) is 4.41. The number of amides is 3. The second kappa shape index (κ2) is 8.54. The van der Waals surface area contributed by atoms with Crippen LogP contribution >= 0.6 is 22.7 Å². The van der Waals surface area contributed by atoms with Crippen LogP contribution in [0.25, 0.3) is 31.7 Å². The molecular weight excluding hydrogens is 496 g/mol. The minimum Gasteiger partial charge on any atom is -0.355 e. The number of hydrogen-bond donors (Lipinski definition) is 1. The molecule has 0 saturated carbocycles. The Bertz CT molecular complexity index is 1740. The summed E-state index contributed by atoms with van der Waals surface area (Å²) in [5.41, 5.74) is 1.39. The lowest BCUT2D eigenvalue weighted by Crippen LogP contribution is -2.38. The van der Waals surface area contributed by atoms with Gasteiger partial charge < -0.3 is 5.32 Å². The van der Waals surface area contributed by atoms with Crippen molar-refractivity contribution < 1.29 is 19.2 Å². The van der Waals surface area contributed by atoms with E-state index in [4.69, 9.17) is 0 Å². The van der Waals surface area contributed by atoms with Crippen LogP contribution in [0.4, 0.5) is 0 Å². The molecule has 5 rings (SSSR count). The van der Waals surface area contributed by atoms with Crippen LogP contribution in [0.15, 0.2) is 36.4 Å². The number of rotatable bonds is 4. The van der Waals surface area contributed by atoms with Crippen LogP contribution in [0, 0.1) is 22.7 Å². The average Bonchev–Trinajstić information content (AvgIpc) is 3.58. The minimum atomic E-state index is -0.574. The molecule has 2 aromatic heterocycles. The SMILES string of the molecule is CNC(=O)c1cc(-c2ccc(C#N)s2)c2c3c(cc(-c4ccc(C#N)s4)c(C=O)c13)C(=O)N(C)C2=O. The van der Waals surface area contributed by atoms with E-state index in [1.165, 1.54) is 20.2 Å². The standard InChI is InChI=1S/C26H14N4O4S2/c1-29-24(32)16-8-15(20-6-4-13(10-28)36-20)23-22-17(25(33)30(2)26(23)34)7-14(18(11-31)21(16)22)19-5-3-12(9-27)35-19/h3-8,11H,1-2H3,(H,29,32). The highest BCUT2D eigenvalue weighted by molar-refractivity contribution is 7.16. The molecule has 0 spiro atoms. The Balaban J connectivity index is 2.02. The molecule has 0 bridgehead atoms. The predicted octanol–water partition coefficient (Wildman–Crippen LogP) is 4.44. The van der Waals surface area contributed by atoms with Crippen LogP contribution in [-0.2, 0) is 0 Å². The smallest absolute Gasteiger partial charge is 0.261 e. The van der Waals surface area contributed by atoms with E-state index in [0.29, 0.717) is 36.9 Å². The summed E-state index contributed by atoms with van der Waals surface area (Å²) in [6, 6.07) is 13.8. The zero-order valence-corrected chi connectivity index (χ0v) is 20.5. The first-order chi connectivity index (χ1) is 17.3. The third-order valence-corrected chi connectivity index (χ3v) is 8.10. The van der Waals surface area contributed by atoms with Gasteiger partial charge in [0.1, 0.15) is 21.9 Å². The van der Waals surface area contributed by atoms with Crippen molar-refractivity contribution in [1.29, 1.82) is 10.5 Å². The first-order valence-corrected chi connectivity index (χ1v) is 12.2.